The predicted octanol–water partition coefficient (Wildman–Crippen LogP) is 1.07. The fourth-order valence-corrected chi connectivity index (χ4v) is 1.65. The molecular formula is C13H16ClN3O4. The highest BCUT2D eigenvalue weighted by molar-refractivity contribution is 6.34. The second-order valence-electron chi connectivity index (χ2n) is 4.26. The number of rotatable bonds is 5. The molecule has 7 nitrogen and oxygen atoms in total. The summed E-state index contributed by atoms with van der Waals surface area (Å²) in [7, 11) is 1.48. The third kappa shape index (κ3) is 4.96. The van der Waals surface area contributed by atoms with Crippen molar-refractivity contribution in [2.24, 2.45) is 10.8 Å². The van der Waals surface area contributed by atoms with Gasteiger partial charge in [-0.3, -0.25) is 9.59 Å². The Balaban J connectivity index is 2.95. The lowest BCUT2D eigenvalue weighted by Crippen LogP contribution is -2.32. The van der Waals surface area contributed by atoms with Crippen molar-refractivity contribution in [1.82, 2.24) is 5.43 Å². The average Bonchev–Trinajstić information content (AvgIpc) is 2.40. The molecule has 0 atom stereocenters. The van der Waals surface area contributed by atoms with Crippen LogP contribution in [0.5, 0.6) is 11.5 Å². The van der Waals surface area contributed by atoms with Crippen molar-refractivity contribution in [2.45, 2.75) is 20.0 Å². The van der Waals surface area contributed by atoms with Crippen LogP contribution >= 0.6 is 11.6 Å². The number of primary amides is 1. The first-order valence-corrected chi connectivity index (χ1v) is 6.40. The predicted molar refractivity (Wildman–Crippen MR) is 78.7 cm³/mol. The number of hydrogen-bond acceptors (Lipinski definition) is 5. The minimum Gasteiger partial charge on any atom is -0.493 e. The van der Waals surface area contributed by atoms with E-state index in [9.17, 15) is 9.59 Å². The summed E-state index contributed by atoms with van der Waals surface area (Å²) in [6.45, 7) is 3.73. The van der Waals surface area contributed by atoms with E-state index in [1.54, 1.807) is 12.1 Å². The molecule has 1 rings (SSSR count). The van der Waals surface area contributed by atoms with E-state index >= 15 is 0 Å². The molecule has 3 N–H and O–H groups in total. The Labute approximate surface area is 127 Å². The molecule has 21 heavy (non-hydrogen) atoms. The summed E-state index contributed by atoms with van der Waals surface area (Å²) < 4.78 is 10.8. The van der Waals surface area contributed by atoms with Gasteiger partial charge in [-0.1, -0.05) is 11.6 Å². The standard InChI is InChI=1S/C13H16ClN3O4/c1-7(2)21-11-9(14)4-8(5-10(11)20-3)6-16-17-13(19)12(15)18/h4-7H,1-3H3,(H2,15,18)(H,17,19)/b16-6-. The van der Waals surface area contributed by atoms with Crippen molar-refractivity contribution < 1.29 is 19.1 Å². The Morgan fingerprint density at radius 2 is 2.10 bits per heavy atom. The van der Waals surface area contributed by atoms with Gasteiger partial charge in [0.2, 0.25) is 0 Å². The normalized spacial score (nSPS) is 10.7. The van der Waals surface area contributed by atoms with Crippen molar-refractivity contribution in [3.8, 4) is 11.5 Å². The zero-order chi connectivity index (χ0) is 16.0. The van der Waals surface area contributed by atoms with Crippen molar-refractivity contribution in [3.63, 3.8) is 0 Å². The summed E-state index contributed by atoms with van der Waals surface area (Å²) in [5.74, 6) is -1.28. The lowest BCUT2D eigenvalue weighted by molar-refractivity contribution is -0.137. The zero-order valence-corrected chi connectivity index (χ0v) is 12.6. The summed E-state index contributed by atoms with van der Waals surface area (Å²) in [5, 5.41) is 3.93. The molecule has 0 spiro atoms. The maximum Gasteiger partial charge on any atom is 0.329 e. The first-order chi connectivity index (χ1) is 9.85. The van der Waals surface area contributed by atoms with Crippen LogP contribution in [0.15, 0.2) is 17.2 Å². The van der Waals surface area contributed by atoms with Crippen LogP contribution in [-0.4, -0.2) is 31.2 Å². The van der Waals surface area contributed by atoms with E-state index < -0.39 is 11.8 Å². The lowest BCUT2D eigenvalue weighted by atomic mass is 10.2. The molecule has 0 heterocycles. The summed E-state index contributed by atoms with van der Waals surface area (Å²) in [4.78, 5) is 21.5. The third-order valence-corrected chi connectivity index (χ3v) is 2.49. The van der Waals surface area contributed by atoms with Gasteiger partial charge in [-0.25, -0.2) is 5.43 Å². The van der Waals surface area contributed by atoms with Crippen LogP contribution in [-0.2, 0) is 9.59 Å². The quantitative estimate of drug-likeness (QED) is 0.482. The summed E-state index contributed by atoms with van der Waals surface area (Å²) in [6, 6.07) is 3.21. The Kier molecular flexibility index (Phi) is 5.98. The smallest absolute Gasteiger partial charge is 0.329 e. The van der Waals surface area contributed by atoms with Gasteiger partial charge in [0.25, 0.3) is 0 Å². The maximum atomic E-state index is 10.9. The molecule has 2 amide bonds. The minimum absolute atomic E-state index is 0.0641. The molecule has 0 aliphatic carbocycles. The van der Waals surface area contributed by atoms with Gasteiger partial charge in [-0.2, -0.15) is 5.10 Å². The van der Waals surface area contributed by atoms with Crippen LogP contribution in [0.25, 0.3) is 0 Å². The molecule has 0 aliphatic rings. The SMILES string of the molecule is COc1cc(/C=N\NC(=O)C(N)=O)cc(Cl)c1OC(C)C. The number of nitrogens with two attached hydrogens (primary N) is 1. The topological polar surface area (TPSA) is 103 Å². The molecule has 0 radical (unpaired) electrons. The lowest BCUT2D eigenvalue weighted by Gasteiger charge is -2.15. The average molecular weight is 314 g/mol. The first kappa shape index (κ1) is 16.8. The monoisotopic (exact) mass is 313 g/mol. The van der Waals surface area contributed by atoms with Crippen LogP contribution in [0.4, 0.5) is 0 Å². The molecule has 0 saturated heterocycles. The second-order valence-corrected chi connectivity index (χ2v) is 4.67. The number of benzene rings is 1. The Morgan fingerprint density at radius 1 is 1.43 bits per heavy atom. The van der Waals surface area contributed by atoms with Gasteiger partial charge in [0.1, 0.15) is 0 Å². The highest BCUT2D eigenvalue weighted by atomic mass is 35.5. The first-order valence-electron chi connectivity index (χ1n) is 6.02. The van der Waals surface area contributed by atoms with Crippen LogP contribution in [0.1, 0.15) is 19.4 Å². The highest BCUT2D eigenvalue weighted by Crippen LogP contribution is 2.36. The van der Waals surface area contributed by atoms with Gasteiger partial charge in [-0.05, 0) is 31.5 Å². The number of carbonyl (C=O) groups is 2. The van der Waals surface area contributed by atoms with Crippen LogP contribution in [0.2, 0.25) is 5.02 Å². The Hall–Kier alpha value is -2.28. The van der Waals surface area contributed by atoms with Crippen LogP contribution in [0, 0.1) is 0 Å². The van der Waals surface area contributed by atoms with Crippen LogP contribution in [0.3, 0.4) is 0 Å². The van der Waals surface area contributed by atoms with E-state index in [0.717, 1.165) is 0 Å². The zero-order valence-electron chi connectivity index (χ0n) is 11.8. The number of methoxy groups -OCH3 is 1. The van der Waals surface area contributed by atoms with E-state index in [-0.39, 0.29) is 6.10 Å². The van der Waals surface area contributed by atoms with Crippen molar-refractivity contribution in [2.75, 3.05) is 7.11 Å². The van der Waals surface area contributed by atoms with Crippen LogP contribution < -0.4 is 20.6 Å². The molecule has 0 aliphatic heterocycles. The number of nitrogens with zero attached hydrogens (tertiary/aromatic N) is 1. The van der Waals surface area contributed by atoms with Gasteiger partial charge >= 0.3 is 11.8 Å². The van der Waals surface area contributed by atoms with Gasteiger partial charge in [0.05, 0.1) is 24.5 Å². The Morgan fingerprint density at radius 3 is 2.62 bits per heavy atom. The van der Waals surface area contributed by atoms with Gasteiger partial charge in [-0.15, -0.1) is 0 Å². The van der Waals surface area contributed by atoms with E-state index in [2.05, 4.69) is 5.10 Å². The van der Waals surface area contributed by atoms with Crippen molar-refractivity contribution in [3.05, 3.63) is 22.7 Å². The minimum atomic E-state index is -1.12. The number of ether oxygens (including phenoxy) is 2. The number of hydrogen-bond donors (Lipinski definition) is 2. The second kappa shape index (κ2) is 7.49. The van der Waals surface area contributed by atoms with E-state index in [1.807, 2.05) is 19.3 Å². The van der Waals surface area contributed by atoms with Gasteiger partial charge in [0.15, 0.2) is 11.5 Å². The molecule has 8 heteroatoms. The number of nitrogens with one attached hydrogen (secondary N) is 1. The van der Waals surface area contributed by atoms with E-state index in [4.69, 9.17) is 26.8 Å². The highest BCUT2D eigenvalue weighted by Gasteiger charge is 2.13. The fourth-order valence-electron chi connectivity index (χ4n) is 1.38. The van der Waals surface area contributed by atoms with Crippen molar-refractivity contribution in [1.29, 1.82) is 0 Å². The van der Waals surface area contributed by atoms with Crippen molar-refractivity contribution >= 4 is 29.6 Å². The molecule has 0 fully saturated rings. The number of carbonyl (C=O) groups excluding carboxylic acids is 2. The van der Waals surface area contributed by atoms with Gasteiger partial charge < -0.3 is 15.2 Å². The number of amides is 2. The summed E-state index contributed by atoms with van der Waals surface area (Å²) >= 11 is 6.12. The Bertz CT molecular complexity index is 573. The summed E-state index contributed by atoms with van der Waals surface area (Å²) in [5.41, 5.74) is 7.30. The molecule has 0 aromatic heterocycles. The molecule has 1 aromatic rings. The molecule has 0 bridgehead atoms. The maximum absolute atomic E-state index is 10.9. The number of halogens is 1. The third-order valence-electron chi connectivity index (χ3n) is 2.21. The van der Waals surface area contributed by atoms with Gasteiger partial charge in [0, 0.05) is 0 Å². The van der Waals surface area contributed by atoms with E-state index in [1.165, 1.54) is 13.3 Å². The number of hydrazone groups is 1. The summed E-state index contributed by atoms with van der Waals surface area (Å²) in [6.07, 6.45) is 1.24. The largest absolute Gasteiger partial charge is 0.493 e. The fraction of sp³-hybridized carbons (Fsp3) is 0.308. The molecule has 0 saturated carbocycles. The molecule has 1 aromatic carbocycles. The molecular weight excluding hydrogens is 298 g/mol. The molecule has 114 valence electrons. The molecule has 0 unspecified atom stereocenters. The van der Waals surface area contributed by atoms with E-state index in [0.29, 0.717) is 22.1 Å².